The standard InChI is InChI=1S/C13H19NO4S/c1-3-4-5-11-6-8-12(9-7-11)14-19(17,18)10(2)13(15)16/h6-10,14H,3-5H2,1-2H3,(H,15,16). The van der Waals surface area contributed by atoms with Crippen LogP contribution in [0, 0.1) is 0 Å². The summed E-state index contributed by atoms with van der Waals surface area (Å²) in [5, 5.41) is 7.24. The molecule has 19 heavy (non-hydrogen) atoms. The number of aliphatic carboxylic acids is 1. The van der Waals surface area contributed by atoms with Crippen molar-refractivity contribution in [2.75, 3.05) is 4.72 Å². The normalized spacial score (nSPS) is 12.9. The minimum Gasteiger partial charge on any atom is -0.480 e. The van der Waals surface area contributed by atoms with Gasteiger partial charge in [-0.25, -0.2) is 8.42 Å². The highest BCUT2D eigenvalue weighted by atomic mass is 32.2. The Morgan fingerprint density at radius 3 is 2.37 bits per heavy atom. The van der Waals surface area contributed by atoms with Crippen LogP contribution in [0.25, 0.3) is 0 Å². The topological polar surface area (TPSA) is 83.5 Å². The molecule has 0 amide bonds. The fraction of sp³-hybridized carbons (Fsp3) is 0.462. The number of nitrogens with one attached hydrogen (secondary N) is 1. The van der Waals surface area contributed by atoms with Crippen LogP contribution in [0.3, 0.4) is 0 Å². The second-order valence-corrected chi connectivity index (χ2v) is 6.43. The van der Waals surface area contributed by atoms with Crippen LogP contribution >= 0.6 is 0 Å². The molecule has 106 valence electrons. The van der Waals surface area contributed by atoms with Gasteiger partial charge in [-0.3, -0.25) is 9.52 Å². The SMILES string of the molecule is CCCCc1ccc(NS(=O)(=O)C(C)C(=O)O)cc1. The van der Waals surface area contributed by atoms with Gasteiger partial charge in [0.15, 0.2) is 5.25 Å². The summed E-state index contributed by atoms with van der Waals surface area (Å²) in [6, 6.07) is 6.99. The molecule has 6 heteroatoms. The molecule has 0 radical (unpaired) electrons. The first kappa shape index (κ1) is 15.5. The zero-order valence-corrected chi connectivity index (χ0v) is 11.9. The maximum absolute atomic E-state index is 11.7. The van der Waals surface area contributed by atoms with Crippen molar-refractivity contribution < 1.29 is 18.3 Å². The Balaban J connectivity index is 2.75. The Bertz CT molecular complexity index is 522. The van der Waals surface area contributed by atoms with Crippen molar-refractivity contribution in [1.82, 2.24) is 0 Å². The third-order valence-electron chi connectivity index (χ3n) is 2.85. The second-order valence-electron chi connectivity index (χ2n) is 4.43. The first-order valence-electron chi connectivity index (χ1n) is 6.20. The number of rotatable bonds is 7. The van der Waals surface area contributed by atoms with Gasteiger partial charge in [0.1, 0.15) is 0 Å². The number of unbranched alkanes of at least 4 members (excludes halogenated alkanes) is 1. The van der Waals surface area contributed by atoms with E-state index < -0.39 is 21.2 Å². The van der Waals surface area contributed by atoms with Crippen molar-refractivity contribution in [3.05, 3.63) is 29.8 Å². The van der Waals surface area contributed by atoms with Crippen LogP contribution in [-0.4, -0.2) is 24.7 Å². The molecule has 0 aliphatic heterocycles. The van der Waals surface area contributed by atoms with Crippen molar-refractivity contribution >= 4 is 21.7 Å². The van der Waals surface area contributed by atoms with Crippen LogP contribution in [0.4, 0.5) is 5.69 Å². The summed E-state index contributed by atoms with van der Waals surface area (Å²) in [4.78, 5) is 10.7. The maximum atomic E-state index is 11.7. The molecule has 1 rings (SSSR count). The predicted molar refractivity (Wildman–Crippen MR) is 74.7 cm³/mol. The van der Waals surface area contributed by atoms with Gasteiger partial charge in [-0.2, -0.15) is 0 Å². The molecule has 1 aromatic carbocycles. The Hall–Kier alpha value is -1.56. The molecule has 2 N–H and O–H groups in total. The van der Waals surface area contributed by atoms with Crippen molar-refractivity contribution in [3.8, 4) is 0 Å². The van der Waals surface area contributed by atoms with Gasteiger partial charge in [0, 0.05) is 5.69 Å². The molecule has 1 unspecified atom stereocenters. The molecule has 0 spiro atoms. The van der Waals surface area contributed by atoms with E-state index in [-0.39, 0.29) is 0 Å². The predicted octanol–water partition coefficient (Wildman–Crippen LogP) is 2.24. The van der Waals surface area contributed by atoms with Crippen molar-refractivity contribution in [2.45, 2.75) is 38.4 Å². The Labute approximate surface area is 113 Å². The van der Waals surface area contributed by atoms with E-state index in [9.17, 15) is 13.2 Å². The van der Waals surface area contributed by atoms with Crippen LogP contribution in [-0.2, 0) is 21.2 Å². The Morgan fingerprint density at radius 1 is 1.32 bits per heavy atom. The fourth-order valence-corrected chi connectivity index (χ4v) is 2.41. The summed E-state index contributed by atoms with van der Waals surface area (Å²) < 4.78 is 25.7. The van der Waals surface area contributed by atoms with Crippen LogP contribution in [0.5, 0.6) is 0 Å². The monoisotopic (exact) mass is 285 g/mol. The van der Waals surface area contributed by atoms with E-state index in [1.54, 1.807) is 12.1 Å². The van der Waals surface area contributed by atoms with Crippen molar-refractivity contribution in [1.29, 1.82) is 0 Å². The van der Waals surface area contributed by atoms with Crippen LogP contribution in [0.15, 0.2) is 24.3 Å². The van der Waals surface area contributed by atoms with E-state index in [0.717, 1.165) is 31.7 Å². The van der Waals surface area contributed by atoms with Crippen LogP contribution < -0.4 is 4.72 Å². The summed E-state index contributed by atoms with van der Waals surface area (Å²) in [5.41, 5.74) is 1.52. The number of anilines is 1. The van der Waals surface area contributed by atoms with Crippen molar-refractivity contribution in [3.63, 3.8) is 0 Å². The third kappa shape index (κ3) is 4.55. The number of benzene rings is 1. The van der Waals surface area contributed by atoms with Gasteiger partial charge in [-0.05, 0) is 37.5 Å². The Morgan fingerprint density at radius 2 is 1.89 bits per heavy atom. The van der Waals surface area contributed by atoms with E-state index in [0.29, 0.717) is 5.69 Å². The highest BCUT2D eigenvalue weighted by molar-refractivity contribution is 7.94. The van der Waals surface area contributed by atoms with E-state index >= 15 is 0 Å². The van der Waals surface area contributed by atoms with Gasteiger partial charge in [-0.1, -0.05) is 25.5 Å². The molecule has 1 aromatic rings. The van der Waals surface area contributed by atoms with Crippen LogP contribution in [0.1, 0.15) is 32.3 Å². The highest BCUT2D eigenvalue weighted by Gasteiger charge is 2.27. The zero-order chi connectivity index (χ0) is 14.5. The lowest BCUT2D eigenvalue weighted by atomic mass is 10.1. The fourth-order valence-electron chi connectivity index (χ4n) is 1.51. The molecule has 0 aromatic heterocycles. The molecule has 0 saturated carbocycles. The first-order chi connectivity index (χ1) is 8.86. The number of sulfonamides is 1. The molecule has 0 heterocycles. The third-order valence-corrected chi connectivity index (χ3v) is 4.50. The van der Waals surface area contributed by atoms with E-state index in [1.807, 2.05) is 12.1 Å². The minimum absolute atomic E-state index is 0.383. The highest BCUT2D eigenvalue weighted by Crippen LogP contribution is 2.15. The lowest BCUT2D eigenvalue weighted by Gasteiger charge is -2.11. The molecule has 0 bridgehead atoms. The second kappa shape index (κ2) is 6.56. The molecule has 1 atom stereocenters. The summed E-state index contributed by atoms with van der Waals surface area (Å²) >= 11 is 0. The van der Waals surface area contributed by atoms with Crippen LogP contribution in [0.2, 0.25) is 0 Å². The average molecular weight is 285 g/mol. The van der Waals surface area contributed by atoms with Gasteiger partial charge in [0.25, 0.3) is 0 Å². The Kier molecular flexibility index (Phi) is 5.35. The molecular formula is C13H19NO4S. The smallest absolute Gasteiger partial charge is 0.323 e. The molecule has 5 nitrogen and oxygen atoms in total. The molecule has 0 aliphatic rings. The average Bonchev–Trinajstić information content (AvgIpc) is 2.36. The van der Waals surface area contributed by atoms with Gasteiger partial charge in [-0.15, -0.1) is 0 Å². The summed E-state index contributed by atoms with van der Waals surface area (Å²) in [6.07, 6.45) is 3.14. The number of hydrogen-bond donors (Lipinski definition) is 2. The number of aryl methyl sites for hydroxylation is 1. The number of carboxylic acids is 1. The van der Waals surface area contributed by atoms with Crippen molar-refractivity contribution in [2.24, 2.45) is 0 Å². The van der Waals surface area contributed by atoms with E-state index in [1.165, 1.54) is 0 Å². The summed E-state index contributed by atoms with van der Waals surface area (Å²) in [7, 11) is -3.89. The molecule has 0 aliphatic carbocycles. The summed E-state index contributed by atoms with van der Waals surface area (Å²) in [5.74, 6) is -1.37. The lowest BCUT2D eigenvalue weighted by molar-refractivity contribution is -0.136. The molecule has 0 fully saturated rings. The van der Waals surface area contributed by atoms with Gasteiger partial charge < -0.3 is 5.11 Å². The first-order valence-corrected chi connectivity index (χ1v) is 7.75. The number of hydrogen-bond acceptors (Lipinski definition) is 3. The number of carboxylic acid groups (broad SMARTS) is 1. The summed E-state index contributed by atoms with van der Waals surface area (Å²) in [6.45, 7) is 3.25. The molecule has 0 saturated heterocycles. The lowest BCUT2D eigenvalue weighted by Crippen LogP contribution is -2.32. The van der Waals surface area contributed by atoms with Gasteiger partial charge >= 0.3 is 5.97 Å². The minimum atomic E-state index is -3.89. The van der Waals surface area contributed by atoms with E-state index in [2.05, 4.69) is 11.6 Å². The largest absolute Gasteiger partial charge is 0.480 e. The van der Waals surface area contributed by atoms with E-state index in [4.69, 9.17) is 5.11 Å². The maximum Gasteiger partial charge on any atom is 0.323 e. The quantitative estimate of drug-likeness (QED) is 0.804. The van der Waals surface area contributed by atoms with Gasteiger partial charge in [0.2, 0.25) is 10.0 Å². The number of carbonyl (C=O) groups is 1. The molecular weight excluding hydrogens is 266 g/mol. The van der Waals surface area contributed by atoms with Gasteiger partial charge in [0.05, 0.1) is 0 Å². The zero-order valence-electron chi connectivity index (χ0n) is 11.1.